The lowest BCUT2D eigenvalue weighted by Crippen LogP contribution is -2.40. The molecule has 0 aliphatic carbocycles. The summed E-state index contributed by atoms with van der Waals surface area (Å²) < 4.78 is 74.8. The number of halogens is 3. The zero-order chi connectivity index (χ0) is 23.2. The number of nitrogens with one attached hydrogen (secondary N) is 1. The summed E-state index contributed by atoms with van der Waals surface area (Å²) in [7, 11) is -3.93. The molecule has 0 spiro atoms. The molecule has 1 N–H and O–H groups in total. The van der Waals surface area contributed by atoms with Crippen molar-refractivity contribution in [3.05, 3.63) is 60.2 Å². The second-order valence-corrected chi connectivity index (χ2v) is 8.75. The van der Waals surface area contributed by atoms with Crippen LogP contribution >= 0.6 is 0 Å². The first-order valence-electron chi connectivity index (χ1n) is 9.61. The zero-order valence-corrected chi connectivity index (χ0v) is 17.7. The SMILES string of the molecule is O=C(C=Cc1ccccc1)Nc1cc(S(=O)(=O)N2CCOCC2)ccc1OCC(F)(F)F. The topological polar surface area (TPSA) is 84.9 Å². The van der Waals surface area contributed by atoms with Gasteiger partial charge in [-0.05, 0) is 29.8 Å². The van der Waals surface area contributed by atoms with E-state index < -0.39 is 28.7 Å². The van der Waals surface area contributed by atoms with Gasteiger partial charge in [-0.2, -0.15) is 17.5 Å². The molecule has 0 saturated carbocycles. The first-order valence-corrected chi connectivity index (χ1v) is 11.0. The van der Waals surface area contributed by atoms with Crippen LogP contribution in [0.4, 0.5) is 18.9 Å². The van der Waals surface area contributed by atoms with E-state index in [4.69, 9.17) is 9.47 Å². The molecule has 7 nitrogen and oxygen atoms in total. The van der Waals surface area contributed by atoms with Gasteiger partial charge in [0.15, 0.2) is 6.61 Å². The first kappa shape index (κ1) is 23.8. The fourth-order valence-corrected chi connectivity index (χ4v) is 4.33. The average Bonchev–Trinajstić information content (AvgIpc) is 2.77. The van der Waals surface area contributed by atoms with E-state index in [2.05, 4.69) is 5.32 Å². The molecule has 0 unspecified atom stereocenters. The Hall–Kier alpha value is -2.89. The van der Waals surface area contributed by atoms with Gasteiger partial charge in [-0.3, -0.25) is 4.79 Å². The Morgan fingerprint density at radius 3 is 2.47 bits per heavy atom. The number of carbonyl (C=O) groups excluding carboxylic acids is 1. The third-order valence-corrected chi connectivity index (χ3v) is 6.33. The highest BCUT2D eigenvalue weighted by Crippen LogP contribution is 2.31. The van der Waals surface area contributed by atoms with Crippen LogP contribution in [0.1, 0.15) is 5.56 Å². The fourth-order valence-electron chi connectivity index (χ4n) is 2.90. The molecule has 1 aliphatic rings. The van der Waals surface area contributed by atoms with Crippen LogP contribution in [0.2, 0.25) is 0 Å². The third kappa shape index (κ3) is 6.55. The van der Waals surface area contributed by atoms with Gasteiger partial charge >= 0.3 is 6.18 Å². The van der Waals surface area contributed by atoms with Crippen molar-refractivity contribution >= 4 is 27.7 Å². The second kappa shape index (κ2) is 10.2. The van der Waals surface area contributed by atoms with Crippen LogP contribution in [0.15, 0.2) is 59.5 Å². The Balaban J connectivity index is 1.86. The largest absolute Gasteiger partial charge is 0.482 e. The van der Waals surface area contributed by atoms with Crippen molar-refractivity contribution in [1.82, 2.24) is 4.31 Å². The number of morpholine rings is 1. The van der Waals surface area contributed by atoms with Crippen molar-refractivity contribution < 1.29 is 35.9 Å². The number of alkyl halides is 3. The molecule has 0 radical (unpaired) electrons. The van der Waals surface area contributed by atoms with E-state index >= 15 is 0 Å². The highest BCUT2D eigenvalue weighted by atomic mass is 32.2. The van der Waals surface area contributed by atoms with Crippen molar-refractivity contribution in [3.8, 4) is 5.75 Å². The number of nitrogens with zero attached hydrogens (tertiary/aromatic N) is 1. The smallest absolute Gasteiger partial charge is 0.422 e. The van der Waals surface area contributed by atoms with Gasteiger partial charge in [0.2, 0.25) is 15.9 Å². The minimum absolute atomic E-state index is 0.149. The van der Waals surface area contributed by atoms with Gasteiger partial charge < -0.3 is 14.8 Å². The maximum atomic E-state index is 12.9. The van der Waals surface area contributed by atoms with Crippen LogP contribution in [0.3, 0.4) is 0 Å². The molecule has 0 atom stereocenters. The molecule has 1 fully saturated rings. The highest BCUT2D eigenvalue weighted by Gasteiger charge is 2.30. The lowest BCUT2D eigenvalue weighted by atomic mass is 10.2. The fraction of sp³-hybridized carbons (Fsp3) is 0.286. The van der Waals surface area contributed by atoms with Crippen LogP contribution < -0.4 is 10.1 Å². The number of benzene rings is 2. The Kier molecular flexibility index (Phi) is 7.54. The predicted octanol–water partition coefficient (Wildman–Crippen LogP) is 3.30. The molecule has 1 saturated heterocycles. The number of anilines is 1. The summed E-state index contributed by atoms with van der Waals surface area (Å²) in [5.41, 5.74) is 0.547. The quantitative estimate of drug-likeness (QED) is 0.628. The number of hydrogen-bond acceptors (Lipinski definition) is 5. The molecule has 32 heavy (non-hydrogen) atoms. The Bertz CT molecular complexity index is 1070. The molecule has 2 aromatic rings. The lowest BCUT2D eigenvalue weighted by Gasteiger charge is -2.26. The minimum atomic E-state index is -4.60. The highest BCUT2D eigenvalue weighted by molar-refractivity contribution is 7.89. The average molecular weight is 470 g/mol. The molecular weight excluding hydrogens is 449 g/mol. The second-order valence-electron chi connectivity index (χ2n) is 6.81. The number of carbonyl (C=O) groups is 1. The van der Waals surface area contributed by atoms with Gasteiger partial charge in [0.1, 0.15) is 5.75 Å². The van der Waals surface area contributed by atoms with Crippen molar-refractivity contribution in [2.75, 3.05) is 38.2 Å². The molecule has 3 rings (SSSR count). The molecule has 0 aromatic heterocycles. The van der Waals surface area contributed by atoms with Crippen molar-refractivity contribution in [1.29, 1.82) is 0 Å². The lowest BCUT2D eigenvalue weighted by molar-refractivity contribution is -0.153. The predicted molar refractivity (Wildman–Crippen MR) is 112 cm³/mol. The summed E-state index contributed by atoms with van der Waals surface area (Å²) in [5.74, 6) is -0.962. The molecule has 1 heterocycles. The van der Waals surface area contributed by atoms with Crippen LogP contribution in [0.5, 0.6) is 5.75 Å². The summed E-state index contributed by atoms with van der Waals surface area (Å²) in [6.45, 7) is -0.822. The zero-order valence-electron chi connectivity index (χ0n) is 16.8. The third-order valence-electron chi connectivity index (χ3n) is 4.43. The molecular formula is C21H21F3N2O5S. The van der Waals surface area contributed by atoms with Gasteiger partial charge in [-0.15, -0.1) is 0 Å². The van der Waals surface area contributed by atoms with Crippen LogP contribution in [-0.2, 0) is 19.6 Å². The van der Waals surface area contributed by atoms with Gasteiger partial charge in [-0.25, -0.2) is 8.42 Å². The standard InChI is InChI=1S/C21H21F3N2O5S/c22-21(23,24)15-31-19-8-7-17(32(28,29)26-10-12-30-13-11-26)14-18(19)25-20(27)9-6-16-4-2-1-3-5-16/h1-9,14H,10-13,15H2,(H,25,27). The van der Waals surface area contributed by atoms with E-state index in [1.54, 1.807) is 24.3 Å². The van der Waals surface area contributed by atoms with E-state index in [-0.39, 0.29) is 42.6 Å². The minimum Gasteiger partial charge on any atom is -0.482 e. The van der Waals surface area contributed by atoms with Gasteiger partial charge in [0.05, 0.1) is 23.8 Å². The van der Waals surface area contributed by atoms with Gasteiger partial charge in [0, 0.05) is 19.2 Å². The van der Waals surface area contributed by atoms with Crippen LogP contribution in [0, 0.1) is 0 Å². The van der Waals surface area contributed by atoms with E-state index in [0.29, 0.717) is 0 Å². The maximum absolute atomic E-state index is 12.9. The first-order chi connectivity index (χ1) is 15.1. The van der Waals surface area contributed by atoms with Crippen LogP contribution in [0.25, 0.3) is 6.08 Å². The van der Waals surface area contributed by atoms with E-state index in [1.165, 1.54) is 16.5 Å². The monoisotopic (exact) mass is 470 g/mol. The number of amides is 1. The molecule has 0 bridgehead atoms. The Morgan fingerprint density at radius 1 is 1.12 bits per heavy atom. The van der Waals surface area contributed by atoms with E-state index in [9.17, 15) is 26.4 Å². The van der Waals surface area contributed by atoms with Gasteiger partial charge in [-0.1, -0.05) is 30.3 Å². The molecule has 2 aromatic carbocycles. The number of ether oxygens (including phenoxy) is 2. The molecule has 11 heteroatoms. The number of rotatable bonds is 7. The maximum Gasteiger partial charge on any atom is 0.422 e. The van der Waals surface area contributed by atoms with Crippen molar-refractivity contribution in [3.63, 3.8) is 0 Å². The number of sulfonamides is 1. The molecule has 172 valence electrons. The summed E-state index contributed by atoms with van der Waals surface area (Å²) in [4.78, 5) is 12.2. The van der Waals surface area contributed by atoms with E-state index in [0.717, 1.165) is 23.8 Å². The van der Waals surface area contributed by atoms with Crippen molar-refractivity contribution in [2.45, 2.75) is 11.1 Å². The Labute approximate surface area is 183 Å². The van der Waals surface area contributed by atoms with E-state index in [1.807, 2.05) is 6.07 Å². The normalized spacial score (nSPS) is 15.6. The van der Waals surface area contributed by atoms with Crippen LogP contribution in [-0.4, -0.2) is 57.7 Å². The summed E-state index contributed by atoms with van der Waals surface area (Å²) in [6.07, 6.45) is -1.90. The molecule has 1 aliphatic heterocycles. The Morgan fingerprint density at radius 2 is 1.81 bits per heavy atom. The molecule has 1 amide bonds. The number of hydrogen-bond donors (Lipinski definition) is 1. The van der Waals surface area contributed by atoms with Gasteiger partial charge in [0.25, 0.3) is 0 Å². The van der Waals surface area contributed by atoms with Crippen molar-refractivity contribution in [2.24, 2.45) is 0 Å². The summed E-state index contributed by atoms with van der Waals surface area (Å²) in [5, 5.41) is 2.41. The summed E-state index contributed by atoms with van der Waals surface area (Å²) in [6, 6.07) is 12.2. The summed E-state index contributed by atoms with van der Waals surface area (Å²) >= 11 is 0.